The summed E-state index contributed by atoms with van der Waals surface area (Å²) in [5.41, 5.74) is 2.09. The summed E-state index contributed by atoms with van der Waals surface area (Å²) < 4.78 is 7.30. The Balaban J connectivity index is 1.82. The first-order chi connectivity index (χ1) is 10.8. The van der Waals surface area contributed by atoms with Crippen molar-refractivity contribution in [2.45, 2.75) is 20.0 Å². The number of ether oxygens (including phenoxy) is 1. The fraction of sp³-hybridized carbons (Fsp3) is 0.200. The van der Waals surface area contributed by atoms with Crippen LogP contribution in [0.5, 0.6) is 5.75 Å². The summed E-state index contributed by atoms with van der Waals surface area (Å²) in [6.45, 7) is 2.31. The Morgan fingerprint density at radius 3 is 2.77 bits per heavy atom. The lowest BCUT2D eigenvalue weighted by Gasteiger charge is -2.07. The Morgan fingerprint density at radius 2 is 2.14 bits per heavy atom. The topological polar surface area (TPSA) is 76.6 Å². The monoisotopic (exact) mass is 311 g/mol. The second-order valence-corrected chi connectivity index (χ2v) is 5.38. The van der Waals surface area contributed by atoms with Crippen molar-refractivity contribution >= 4 is 11.3 Å². The fourth-order valence-electron chi connectivity index (χ4n) is 1.97. The number of nitriles is 1. The van der Waals surface area contributed by atoms with E-state index < -0.39 is 0 Å². The van der Waals surface area contributed by atoms with E-state index in [0.29, 0.717) is 10.8 Å². The van der Waals surface area contributed by atoms with Crippen LogP contribution in [0.4, 0.5) is 0 Å². The average Bonchev–Trinajstić information content (AvgIpc) is 3.22. The Morgan fingerprint density at radius 1 is 1.32 bits per heavy atom. The highest BCUT2D eigenvalue weighted by Crippen LogP contribution is 2.18. The molecule has 0 aliphatic carbocycles. The number of nitrogens with zero attached hydrogens (tertiary/aromatic N) is 5. The summed E-state index contributed by atoms with van der Waals surface area (Å²) in [6, 6.07) is 9.92. The Labute approximate surface area is 131 Å². The molecule has 3 aromatic rings. The minimum atomic E-state index is 0.209. The first kappa shape index (κ1) is 14.2. The molecule has 2 aromatic heterocycles. The SMILES string of the molecule is CCc1ccc(OCc2c(C#N)nnn2-c2nccs2)cc1. The van der Waals surface area contributed by atoms with Gasteiger partial charge in [0, 0.05) is 11.6 Å². The maximum Gasteiger partial charge on any atom is 0.212 e. The van der Waals surface area contributed by atoms with Crippen molar-refractivity contribution in [2.24, 2.45) is 0 Å². The van der Waals surface area contributed by atoms with Crippen molar-refractivity contribution in [3.63, 3.8) is 0 Å². The molecule has 0 amide bonds. The van der Waals surface area contributed by atoms with Crippen LogP contribution in [0.3, 0.4) is 0 Å². The number of hydrogen-bond acceptors (Lipinski definition) is 6. The van der Waals surface area contributed by atoms with Crippen LogP contribution in [0, 0.1) is 11.3 Å². The van der Waals surface area contributed by atoms with Gasteiger partial charge in [0.15, 0.2) is 5.69 Å². The normalized spacial score (nSPS) is 10.4. The van der Waals surface area contributed by atoms with Gasteiger partial charge in [-0.15, -0.1) is 16.4 Å². The van der Waals surface area contributed by atoms with Crippen LogP contribution < -0.4 is 4.74 Å². The molecule has 0 unspecified atom stereocenters. The zero-order chi connectivity index (χ0) is 15.4. The molecule has 0 N–H and O–H groups in total. The minimum Gasteiger partial charge on any atom is -0.487 e. The zero-order valence-corrected chi connectivity index (χ0v) is 12.7. The predicted molar refractivity (Wildman–Crippen MR) is 81.9 cm³/mol. The van der Waals surface area contributed by atoms with E-state index in [2.05, 4.69) is 22.2 Å². The largest absolute Gasteiger partial charge is 0.487 e. The summed E-state index contributed by atoms with van der Waals surface area (Å²) in [4.78, 5) is 4.19. The van der Waals surface area contributed by atoms with Crippen molar-refractivity contribution in [3.8, 4) is 17.0 Å². The van der Waals surface area contributed by atoms with Crippen LogP contribution in [0.25, 0.3) is 5.13 Å². The third-order valence-electron chi connectivity index (χ3n) is 3.18. The van der Waals surface area contributed by atoms with E-state index in [1.54, 1.807) is 10.9 Å². The molecule has 0 bridgehead atoms. The van der Waals surface area contributed by atoms with Crippen molar-refractivity contribution in [1.29, 1.82) is 5.26 Å². The lowest BCUT2D eigenvalue weighted by atomic mass is 10.2. The van der Waals surface area contributed by atoms with E-state index in [9.17, 15) is 0 Å². The predicted octanol–water partition coefficient (Wildman–Crippen LogP) is 2.74. The van der Waals surface area contributed by atoms with E-state index in [1.165, 1.54) is 16.9 Å². The molecule has 22 heavy (non-hydrogen) atoms. The molecule has 0 fully saturated rings. The number of aryl methyl sites for hydroxylation is 1. The maximum absolute atomic E-state index is 9.16. The first-order valence-corrected chi connectivity index (χ1v) is 7.66. The smallest absolute Gasteiger partial charge is 0.212 e. The van der Waals surface area contributed by atoms with E-state index in [0.717, 1.165) is 12.2 Å². The Kier molecular flexibility index (Phi) is 4.12. The van der Waals surface area contributed by atoms with Crippen molar-refractivity contribution < 1.29 is 4.74 Å². The second-order valence-electron chi connectivity index (χ2n) is 4.51. The minimum absolute atomic E-state index is 0.209. The van der Waals surface area contributed by atoms with E-state index in [4.69, 9.17) is 10.00 Å². The van der Waals surface area contributed by atoms with Gasteiger partial charge < -0.3 is 4.74 Å². The summed E-state index contributed by atoms with van der Waals surface area (Å²) in [5, 5.41) is 19.5. The van der Waals surface area contributed by atoms with E-state index in [1.807, 2.05) is 35.7 Å². The molecule has 0 radical (unpaired) electrons. The van der Waals surface area contributed by atoms with Gasteiger partial charge >= 0.3 is 0 Å². The zero-order valence-electron chi connectivity index (χ0n) is 11.9. The molecule has 7 heteroatoms. The lowest BCUT2D eigenvalue weighted by molar-refractivity contribution is 0.297. The highest BCUT2D eigenvalue weighted by atomic mass is 32.1. The number of benzene rings is 1. The molecule has 1 aromatic carbocycles. The van der Waals surface area contributed by atoms with Crippen molar-refractivity contribution in [1.82, 2.24) is 20.0 Å². The third-order valence-corrected chi connectivity index (χ3v) is 3.92. The van der Waals surface area contributed by atoms with Gasteiger partial charge in [-0.05, 0) is 24.1 Å². The molecule has 0 aliphatic heterocycles. The standard InChI is InChI=1S/C15H13N5OS/c1-2-11-3-5-12(6-4-11)21-10-14-13(9-16)18-19-20(14)15-17-7-8-22-15/h3-8H,2,10H2,1H3. The molecule has 110 valence electrons. The number of thiazole rings is 1. The molecular weight excluding hydrogens is 298 g/mol. The van der Waals surface area contributed by atoms with Crippen LogP contribution in [0.15, 0.2) is 35.8 Å². The summed E-state index contributed by atoms with van der Waals surface area (Å²) in [5.74, 6) is 0.743. The van der Waals surface area contributed by atoms with Gasteiger partial charge in [0.05, 0.1) is 0 Å². The third kappa shape index (κ3) is 2.82. The van der Waals surface area contributed by atoms with E-state index in [-0.39, 0.29) is 12.3 Å². The van der Waals surface area contributed by atoms with Gasteiger partial charge in [-0.25, -0.2) is 4.98 Å². The van der Waals surface area contributed by atoms with Crippen molar-refractivity contribution in [3.05, 3.63) is 52.8 Å². The highest BCUT2D eigenvalue weighted by molar-refractivity contribution is 7.12. The quantitative estimate of drug-likeness (QED) is 0.724. The van der Waals surface area contributed by atoms with Gasteiger partial charge in [-0.3, -0.25) is 0 Å². The molecule has 0 aliphatic rings. The van der Waals surface area contributed by atoms with Crippen LogP contribution >= 0.6 is 11.3 Å². The van der Waals surface area contributed by atoms with Gasteiger partial charge in [0.25, 0.3) is 0 Å². The molecule has 0 saturated heterocycles. The van der Waals surface area contributed by atoms with Crippen LogP contribution in [0.1, 0.15) is 23.9 Å². The Bertz CT molecular complexity index is 786. The Hall–Kier alpha value is -2.72. The summed E-state index contributed by atoms with van der Waals surface area (Å²) in [6.07, 6.45) is 2.67. The molecule has 0 saturated carbocycles. The molecule has 0 atom stereocenters. The maximum atomic E-state index is 9.16. The van der Waals surface area contributed by atoms with Crippen molar-refractivity contribution in [2.75, 3.05) is 0 Å². The van der Waals surface area contributed by atoms with Gasteiger partial charge in [0.2, 0.25) is 5.13 Å². The number of hydrogen-bond donors (Lipinski definition) is 0. The average molecular weight is 311 g/mol. The summed E-state index contributed by atoms with van der Waals surface area (Å²) in [7, 11) is 0. The van der Waals surface area contributed by atoms with E-state index >= 15 is 0 Å². The second kappa shape index (κ2) is 6.37. The molecule has 2 heterocycles. The lowest BCUT2D eigenvalue weighted by Crippen LogP contribution is -2.06. The molecule has 3 rings (SSSR count). The summed E-state index contributed by atoms with van der Waals surface area (Å²) >= 11 is 1.42. The van der Waals surface area contributed by atoms with Gasteiger partial charge in [0.1, 0.15) is 24.1 Å². The number of aromatic nitrogens is 4. The molecule has 0 spiro atoms. The first-order valence-electron chi connectivity index (χ1n) is 6.78. The highest BCUT2D eigenvalue weighted by Gasteiger charge is 2.16. The molecular formula is C15H13N5OS. The van der Waals surface area contributed by atoms with Gasteiger partial charge in [-0.1, -0.05) is 24.3 Å². The molecule has 6 nitrogen and oxygen atoms in total. The van der Waals surface area contributed by atoms with Crippen LogP contribution in [0.2, 0.25) is 0 Å². The van der Waals surface area contributed by atoms with Crippen LogP contribution in [-0.2, 0) is 13.0 Å². The van der Waals surface area contributed by atoms with Crippen LogP contribution in [-0.4, -0.2) is 20.0 Å². The fourth-order valence-corrected chi connectivity index (χ4v) is 2.58. The number of rotatable bonds is 5. The van der Waals surface area contributed by atoms with Gasteiger partial charge in [-0.2, -0.15) is 9.94 Å².